The second-order valence-corrected chi connectivity index (χ2v) is 7.96. The van der Waals surface area contributed by atoms with Crippen LogP contribution in [0.2, 0.25) is 0 Å². The van der Waals surface area contributed by atoms with Gasteiger partial charge in [-0.2, -0.15) is 5.26 Å². The van der Waals surface area contributed by atoms with Gasteiger partial charge in [0, 0.05) is 12.7 Å². The molecule has 1 unspecified atom stereocenters. The van der Waals surface area contributed by atoms with Crippen LogP contribution in [0.5, 0.6) is 5.75 Å². The zero-order chi connectivity index (χ0) is 21.7. The number of anilines is 1. The molecule has 1 aliphatic rings. The first-order valence-corrected chi connectivity index (χ1v) is 10.5. The minimum atomic E-state index is -0.514. The molecule has 2 aromatic carbocycles. The van der Waals surface area contributed by atoms with Crippen LogP contribution < -0.4 is 15.0 Å². The Kier molecular flexibility index (Phi) is 6.80. The number of carbonyl (C=O) groups is 2. The van der Waals surface area contributed by atoms with Gasteiger partial charge >= 0.3 is 0 Å². The second-order valence-electron chi connectivity index (χ2n) is 6.77. The third kappa shape index (κ3) is 4.50. The molecule has 1 N–H and O–H groups in total. The highest BCUT2D eigenvalue weighted by molar-refractivity contribution is 8.05. The van der Waals surface area contributed by atoms with Crippen molar-refractivity contribution in [3.8, 4) is 11.8 Å². The smallest absolute Gasteiger partial charge is 0.264 e. The summed E-state index contributed by atoms with van der Waals surface area (Å²) in [6, 6.07) is 17.0. The van der Waals surface area contributed by atoms with Crippen LogP contribution in [0.4, 0.5) is 5.69 Å². The van der Waals surface area contributed by atoms with Gasteiger partial charge < -0.3 is 10.1 Å². The number of hydrogen-bond donors (Lipinski definition) is 1. The van der Waals surface area contributed by atoms with Gasteiger partial charge in [-0.3, -0.25) is 14.5 Å². The van der Waals surface area contributed by atoms with Crippen LogP contribution in [-0.2, 0) is 16.0 Å². The highest BCUT2D eigenvalue weighted by atomic mass is 32.2. The van der Waals surface area contributed by atoms with E-state index in [0.29, 0.717) is 29.5 Å². The molecule has 1 heterocycles. The lowest BCUT2D eigenvalue weighted by Crippen LogP contribution is -2.31. The van der Waals surface area contributed by atoms with Crippen molar-refractivity contribution in [2.24, 2.45) is 0 Å². The maximum absolute atomic E-state index is 13.3. The maximum atomic E-state index is 13.3. The highest BCUT2D eigenvalue weighted by Gasteiger charge is 2.40. The lowest BCUT2D eigenvalue weighted by molar-refractivity contribution is -0.117. The number of nitrogens with zero attached hydrogens (tertiary/aromatic N) is 2. The van der Waals surface area contributed by atoms with E-state index in [2.05, 4.69) is 5.32 Å². The number of thioether (sulfide) groups is 1. The van der Waals surface area contributed by atoms with Gasteiger partial charge in [0.05, 0.1) is 11.9 Å². The fourth-order valence-electron chi connectivity index (χ4n) is 3.14. The molecule has 3 rings (SSSR count). The first-order chi connectivity index (χ1) is 14.5. The summed E-state index contributed by atoms with van der Waals surface area (Å²) in [5.74, 6) is 0.0187. The summed E-state index contributed by atoms with van der Waals surface area (Å²) < 4.78 is 5.47. The monoisotopic (exact) mass is 421 g/mol. The molecule has 1 atom stereocenters. The summed E-state index contributed by atoms with van der Waals surface area (Å²) in [7, 11) is 1.46. The maximum Gasteiger partial charge on any atom is 0.264 e. The summed E-state index contributed by atoms with van der Waals surface area (Å²) in [5, 5.41) is 12.0. The largest absolute Gasteiger partial charge is 0.494 e. The fraction of sp³-hybridized carbons (Fsp3) is 0.261. The van der Waals surface area contributed by atoms with Crippen LogP contribution in [0, 0.1) is 18.3 Å². The number of nitriles is 1. The zero-order valence-corrected chi connectivity index (χ0v) is 18.0. The van der Waals surface area contributed by atoms with Crippen LogP contribution in [0.1, 0.15) is 18.1 Å². The van der Waals surface area contributed by atoms with Gasteiger partial charge in [0.15, 0.2) is 0 Å². The fourth-order valence-corrected chi connectivity index (χ4v) is 4.45. The molecular weight excluding hydrogens is 398 g/mol. The van der Waals surface area contributed by atoms with Crippen molar-refractivity contribution < 1.29 is 14.3 Å². The number of carbonyl (C=O) groups excluding carboxylic acids is 2. The molecule has 30 heavy (non-hydrogen) atoms. The van der Waals surface area contributed by atoms with E-state index < -0.39 is 11.2 Å². The third-order valence-corrected chi connectivity index (χ3v) is 5.94. The van der Waals surface area contributed by atoms with Gasteiger partial charge in [-0.1, -0.05) is 41.6 Å². The molecule has 0 aliphatic carbocycles. The van der Waals surface area contributed by atoms with Crippen molar-refractivity contribution in [3.05, 3.63) is 70.3 Å². The normalized spacial score (nSPS) is 17.5. The average Bonchev–Trinajstić information content (AvgIpc) is 3.06. The summed E-state index contributed by atoms with van der Waals surface area (Å²) in [6.45, 7) is 4.45. The van der Waals surface area contributed by atoms with E-state index in [1.807, 2.05) is 44.2 Å². The molecule has 7 heteroatoms. The summed E-state index contributed by atoms with van der Waals surface area (Å²) in [6.07, 6.45) is 0.507. The van der Waals surface area contributed by atoms with Crippen LogP contribution in [0.15, 0.2) is 59.1 Å². The Morgan fingerprint density at radius 3 is 2.43 bits per heavy atom. The highest BCUT2D eigenvalue weighted by Crippen LogP contribution is 2.42. The van der Waals surface area contributed by atoms with Gasteiger partial charge in [-0.05, 0) is 50.1 Å². The number of ether oxygens (including phenoxy) is 1. The number of benzene rings is 2. The van der Waals surface area contributed by atoms with E-state index >= 15 is 0 Å². The van der Waals surface area contributed by atoms with E-state index in [0.717, 1.165) is 11.1 Å². The van der Waals surface area contributed by atoms with Gasteiger partial charge in [-0.25, -0.2) is 0 Å². The number of rotatable bonds is 6. The molecule has 0 radical (unpaired) electrons. The average molecular weight is 422 g/mol. The Balaban J connectivity index is 2.00. The molecule has 6 nitrogen and oxygen atoms in total. The minimum absolute atomic E-state index is 0.0730. The van der Waals surface area contributed by atoms with Crippen molar-refractivity contribution in [1.29, 1.82) is 5.26 Å². The number of amides is 2. The Bertz CT molecular complexity index is 1010. The van der Waals surface area contributed by atoms with Gasteiger partial charge in [0.1, 0.15) is 22.4 Å². The standard InChI is InChI=1S/C23H23N3O3S/c1-4-29-18-11-9-17(10-12-18)26-22(28)20(13-16-7-5-15(2)6-8-16)30-23(26)19(14-24)21(27)25-3/h5-12,20H,4,13H2,1-3H3,(H,25,27)/b23-19-. The molecule has 0 bridgehead atoms. The first-order valence-electron chi connectivity index (χ1n) is 9.64. The van der Waals surface area contributed by atoms with Crippen LogP contribution >= 0.6 is 11.8 Å². The topological polar surface area (TPSA) is 82.4 Å². The van der Waals surface area contributed by atoms with E-state index in [-0.39, 0.29) is 11.5 Å². The lowest BCUT2D eigenvalue weighted by atomic mass is 10.1. The van der Waals surface area contributed by atoms with Gasteiger partial charge in [-0.15, -0.1) is 0 Å². The van der Waals surface area contributed by atoms with Crippen LogP contribution in [-0.4, -0.2) is 30.7 Å². The third-order valence-electron chi connectivity index (χ3n) is 4.68. The number of aryl methyl sites for hydroxylation is 1. The van der Waals surface area contributed by atoms with Crippen molar-refractivity contribution >= 4 is 29.3 Å². The van der Waals surface area contributed by atoms with Crippen molar-refractivity contribution in [1.82, 2.24) is 5.32 Å². The summed E-state index contributed by atoms with van der Waals surface area (Å²) >= 11 is 1.25. The SMILES string of the molecule is CCOc1ccc(N2C(=O)C(Cc3ccc(C)cc3)S/C2=C(/C#N)C(=O)NC)cc1. The Morgan fingerprint density at radius 1 is 1.20 bits per heavy atom. The predicted molar refractivity (Wildman–Crippen MR) is 118 cm³/mol. The first kappa shape index (κ1) is 21.5. The van der Waals surface area contributed by atoms with Crippen LogP contribution in [0.3, 0.4) is 0 Å². The van der Waals surface area contributed by atoms with Gasteiger partial charge in [0.25, 0.3) is 5.91 Å². The number of nitrogens with one attached hydrogen (secondary N) is 1. The number of hydrogen-bond acceptors (Lipinski definition) is 5. The minimum Gasteiger partial charge on any atom is -0.494 e. The molecule has 1 saturated heterocycles. The van der Waals surface area contributed by atoms with E-state index in [9.17, 15) is 14.9 Å². The lowest BCUT2D eigenvalue weighted by Gasteiger charge is -2.19. The Labute approximate surface area is 180 Å². The van der Waals surface area contributed by atoms with E-state index in [1.165, 1.54) is 23.7 Å². The molecule has 0 spiro atoms. The molecule has 2 aromatic rings. The summed E-state index contributed by atoms with van der Waals surface area (Å²) in [4.78, 5) is 27.1. The summed E-state index contributed by atoms with van der Waals surface area (Å²) in [5.41, 5.74) is 2.69. The second kappa shape index (κ2) is 9.51. The quantitative estimate of drug-likeness (QED) is 0.570. The van der Waals surface area contributed by atoms with Crippen molar-refractivity contribution in [2.45, 2.75) is 25.5 Å². The van der Waals surface area contributed by atoms with Gasteiger partial charge in [0.2, 0.25) is 5.91 Å². The van der Waals surface area contributed by atoms with Crippen molar-refractivity contribution in [2.75, 3.05) is 18.6 Å². The van der Waals surface area contributed by atoms with Crippen molar-refractivity contribution in [3.63, 3.8) is 0 Å². The Morgan fingerprint density at radius 2 is 1.87 bits per heavy atom. The molecular formula is C23H23N3O3S. The van der Waals surface area contributed by atoms with E-state index in [4.69, 9.17) is 4.74 Å². The molecule has 2 amide bonds. The number of likely N-dealkylation sites (N-methyl/N-ethyl adjacent to an activating group) is 1. The Hall–Kier alpha value is -3.24. The molecule has 0 saturated carbocycles. The molecule has 1 fully saturated rings. The molecule has 154 valence electrons. The van der Waals surface area contributed by atoms with E-state index in [1.54, 1.807) is 24.3 Å². The molecule has 1 aliphatic heterocycles. The predicted octanol–water partition coefficient (Wildman–Crippen LogP) is 3.57. The van der Waals surface area contributed by atoms with Crippen LogP contribution in [0.25, 0.3) is 0 Å². The zero-order valence-electron chi connectivity index (χ0n) is 17.1. The molecule has 0 aromatic heterocycles.